The molecule has 0 aliphatic carbocycles. The Morgan fingerprint density at radius 3 is 2.28 bits per heavy atom. The first-order valence-corrected chi connectivity index (χ1v) is 15.4. The number of benzene rings is 2. The van der Waals surface area contributed by atoms with Crippen molar-refractivity contribution in [1.29, 1.82) is 0 Å². The van der Waals surface area contributed by atoms with Crippen molar-refractivity contribution in [1.82, 2.24) is 14.7 Å². The number of aliphatic hydroxyl groups excluding tert-OH is 1. The van der Waals surface area contributed by atoms with Gasteiger partial charge in [0.2, 0.25) is 5.91 Å². The van der Waals surface area contributed by atoms with E-state index in [2.05, 4.69) is 4.90 Å². The molecule has 1 fully saturated rings. The zero-order valence-corrected chi connectivity index (χ0v) is 24.0. The summed E-state index contributed by atoms with van der Waals surface area (Å²) in [7, 11) is -1.66. The monoisotopic (exact) mass is 559 g/mol. The predicted octanol–water partition coefficient (Wildman–Crippen LogP) is 3.14. The molecule has 1 unspecified atom stereocenters. The van der Waals surface area contributed by atoms with Gasteiger partial charge in [0.25, 0.3) is 0 Å². The molecule has 1 saturated heterocycles. The van der Waals surface area contributed by atoms with Crippen LogP contribution in [0.4, 0.5) is 4.79 Å². The van der Waals surface area contributed by atoms with Crippen molar-refractivity contribution in [2.45, 2.75) is 49.6 Å². The van der Waals surface area contributed by atoms with E-state index in [1.807, 2.05) is 42.2 Å². The van der Waals surface area contributed by atoms with Crippen LogP contribution >= 0.6 is 0 Å². The fourth-order valence-corrected chi connectivity index (χ4v) is 5.57. The van der Waals surface area contributed by atoms with E-state index in [1.165, 1.54) is 11.2 Å². The van der Waals surface area contributed by atoms with Crippen molar-refractivity contribution < 1.29 is 27.9 Å². The molecule has 1 atom stereocenters. The van der Waals surface area contributed by atoms with E-state index in [0.29, 0.717) is 13.0 Å². The molecule has 0 spiro atoms. The van der Waals surface area contributed by atoms with Gasteiger partial charge in [-0.05, 0) is 43.0 Å². The predicted molar refractivity (Wildman–Crippen MR) is 150 cm³/mol. The molecule has 1 aliphatic rings. The maximum absolute atomic E-state index is 13.1. The molecule has 0 radical (unpaired) electrons. The van der Waals surface area contributed by atoms with E-state index in [9.17, 15) is 18.0 Å². The number of likely N-dealkylation sites (N-methyl/N-ethyl adjacent to an activating group) is 2. The third-order valence-corrected chi connectivity index (χ3v) is 8.36. The average Bonchev–Trinajstić information content (AvgIpc) is 2.92. The smallest absolute Gasteiger partial charge is 0.410 e. The van der Waals surface area contributed by atoms with Crippen molar-refractivity contribution in [3.05, 3.63) is 65.7 Å². The molecule has 3 rings (SSSR count). The van der Waals surface area contributed by atoms with Crippen LogP contribution in [-0.2, 0) is 25.8 Å². The van der Waals surface area contributed by atoms with Gasteiger partial charge in [0.05, 0.1) is 17.9 Å². The van der Waals surface area contributed by atoms with Gasteiger partial charge in [0, 0.05) is 58.5 Å². The Morgan fingerprint density at radius 1 is 1.08 bits per heavy atom. The van der Waals surface area contributed by atoms with E-state index in [-0.39, 0.29) is 42.5 Å². The highest BCUT2D eigenvalue weighted by molar-refractivity contribution is 7.90. The summed E-state index contributed by atoms with van der Waals surface area (Å²) in [6.07, 6.45) is 2.94. The lowest BCUT2D eigenvalue weighted by Crippen LogP contribution is -2.48. The molecule has 0 saturated carbocycles. The minimum Gasteiger partial charge on any atom is -0.441 e. The molecule has 214 valence electrons. The van der Waals surface area contributed by atoms with E-state index >= 15 is 0 Å². The summed E-state index contributed by atoms with van der Waals surface area (Å²) in [5.74, 6) is 0.0473. The summed E-state index contributed by atoms with van der Waals surface area (Å²) in [5, 5.41) is 9.13. The molecular weight excluding hydrogens is 518 g/mol. The topological polar surface area (TPSA) is 107 Å². The average molecular weight is 560 g/mol. The maximum Gasteiger partial charge on any atom is 0.410 e. The lowest BCUT2D eigenvalue weighted by molar-refractivity contribution is -0.133. The first kappa shape index (κ1) is 30.6. The second-order valence-electron chi connectivity index (χ2n) is 10.1. The normalized spacial score (nSPS) is 15.5. The third-order valence-electron chi connectivity index (χ3n) is 7.23. The molecule has 2 amide bonds. The number of likely N-dealkylation sites (tertiary alicyclic amines) is 1. The highest BCUT2D eigenvalue weighted by Crippen LogP contribution is 2.25. The summed E-state index contributed by atoms with van der Waals surface area (Å²) in [5.41, 5.74) is 1.74. The summed E-state index contributed by atoms with van der Waals surface area (Å²) >= 11 is 0. The zero-order chi connectivity index (χ0) is 28.4. The SMILES string of the molecule is CCN(C(=O)Cc1ccc(S(C)(=O)=O)cc1)C1CCN(CCC(OC(=O)N(C)CCO)c2ccccc2)CC1. The minimum absolute atomic E-state index is 0.0473. The molecule has 1 aliphatic heterocycles. The highest BCUT2D eigenvalue weighted by Gasteiger charge is 2.28. The van der Waals surface area contributed by atoms with Gasteiger partial charge >= 0.3 is 6.09 Å². The lowest BCUT2D eigenvalue weighted by atomic mass is 10.0. The van der Waals surface area contributed by atoms with Crippen LogP contribution in [0.25, 0.3) is 0 Å². The Kier molecular flexibility index (Phi) is 11.3. The number of ether oxygens (including phenoxy) is 1. The van der Waals surface area contributed by atoms with Crippen molar-refractivity contribution in [2.24, 2.45) is 0 Å². The summed E-state index contributed by atoms with van der Waals surface area (Å²) < 4.78 is 29.2. The lowest BCUT2D eigenvalue weighted by Gasteiger charge is -2.38. The zero-order valence-electron chi connectivity index (χ0n) is 23.2. The Morgan fingerprint density at radius 2 is 1.72 bits per heavy atom. The first-order valence-electron chi connectivity index (χ1n) is 13.5. The molecule has 39 heavy (non-hydrogen) atoms. The van der Waals surface area contributed by atoms with Gasteiger partial charge in [-0.2, -0.15) is 0 Å². The fraction of sp³-hybridized carbons (Fsp3) is 0.517. The molecule has 2 aromatic rings. The van der Waals surface area contributed by atoms with Gasteiger partial charge in [0.1, 0.15) is 6.10 Å². The van der Waals surface area contributed by atoms with E-state index < -0.39 is 15.9 Å². The molecular formula is C29H41N3O6S. The first-order chi connectivity index (χ1) is 18.6. The van der Waals surface area contributed by atoms with Crippen LogP contribution in [0.3, 0.4) is 0 Å². The summed E-state index contributed by atoms with van der Waals surface area (Å²) in [4.78, 5) is 31.5. The van der Waals surface area contributed by atoms with Crippen molar-refractivity contribution in [3.8, 4) is 0 Å². The standard InChI is InChI=1S/C29H41N3O6S/c1-4-32(28(34)22-23-10-12-26(13-11-23)39(3,36)37)25-14-17-31(18-15-25)19-16-27(24-8-6-5-7-9-24)38-29(35)30(2)20-21-33/h5-13,25,27,33H,4,14-22H2,1-3H3. The van der Waals surface area contributed by atoms with Gasteiger partial charge in [-0.3, -0.25) is 4.79 Å². The van der Waals surface area contributed by atoms with E-state index in [1.54, 1.807) is 31.3 Å². The third kappa shape index (κ3) is 9.05. The Labute approximate surface area is 232 Å². The Hall–Kier alpha value is -2.95. The maximum atomic E-state index is 13.1. The van der Waals surface area contributed by atoms with Gasteiger partial charge in [0.15, 0.2) is 9.84 Å². The summed E-state index contributed by atoms with van der Waals surface area (Å²) in [6.45, 7) is 5.16. The van der Waals surface area contributed by atoms with E-state index in [0.717, 1.165) is 43.6 Å². The van der Waals surface area contributed by atoms with Crippen LogP contribution in [0.15, 0.2) is 59.5 Å². The minimum atomic E-state index is -3.27. The number of rotatable bonds is 12. The fourth-order valence-electron chi connectivity index (χ4n) is 4.94. The van der Waals surface area contributed by atoms with Crippen LogP contribution < -0.4 is 0 Å². The number of hydrogen-bond acceptors (Lipinski definition) is 7. The van der Waals surface area contributed by atoms with Crippen molar-refractivity contribution >= 4 is 21.8 Å². The quantitative estimate of drug-likeness (QED) is 0.426. The molecule has 9 nitrogen and oxygen atoms in total. The second kappa shape index (κ2) is 14.4. The van der Waals surface area contributed by atoms with Crippen LogP contribution in [-0.4, -0.2) is 98.9 Å². The van der Waals surface area contributed by atoms with E-state index in [4.69, 9.17) is 9.84 Å². The Balaban J connectivity index is 1.53. The number of carbonyl (C=O) groups is 2. The molecule has 1 N–H and O–H groups in total. The molecule has 0 aromatic heterocycles. The molecule has 10 heteroatoms. The van der Waals surface area contributed by atoms with Gasteiger partial charge < -0.3 is 24.5 Å². The van der Waals surface area contributed by atoms with Crippen LogP contribution in [0.5, 0.6) is 0 Å². The second-order valence-corrected chi connectivity index (χ2v) is 12.1. The van der Waals surface area contributed by atoms with Gasteiger partial charge in [-0.25, -0.2) is 13.2 Å². The molecule has 2 aromatic carbocycles. The number of carbonyl (C=O) groups excluding carboxylic acids is 2. The Bertz CT molecular complexity index is 1170. The van der Waals surface area contributed by atoms with Crippen molar-refractivity contribution in [2.75, 3.05) is 52.6 Å². The number of sulfone groups is 1. The van der Waals surface area contributed by atoms with Crippen LogP contribution in [0.1, 0.15) is 43.4 Å². The number of hydrogen-bond donors (Lipinski definition) is 1. The molecule has 0 bridgehead atoms. The number of aliphatic hydroxyl groups is 1. The number of nitrogens with zero attached hydrogens (tertiary/aromatic N) is 3. The van der Waals surface area contributed by atoms with Crippen LogP contribution in [0, 0.1) is 0 Å². The largest absolute Gasteiger partial charge is 0.441 e. The summed E-state index contributed by atoms with van der Waals surface area (Å²) in [6, 6.07) is 16.4. The highest BCUT2D eigenvalue weighted by atomic mass is 32.2. The number of piperidine rings is 1. The van der Waals surface area contributed by atoms with Gasteiger partial charge in [-0.15, -0.1) is 0 Å². The number of amides is 2. The van der Waals surface area contributed by atoms with Crippen LogP contribution in [0.2, 0.25) is 0 Å². The van der Waals surface area contributed by atoms with Gasteiger partial charge in [-0.1, -0.05) is 42.5 Å². The van der Waals surface area contributed by atoms with Crippen molar-refractivity contribution in [3.63, 3.8) is 0 Å². The molecule has 1 heterocycles.